The summed E-state index contributed by atoms with van der Waals surface area (Å²) in [6.45, 7) is 5.87. The van der Waals surface area contributed by atoms with Crippen LogP contribution in [-0.4, -0.2) is 30.4 Å². The zero-order valence-electron chi connectivity index (χ0n) is 13.6. The highest BCUT2D eigenvalue weighted by Crippen LogP contribution is 2.10. The topological polar surface area (TPSA) is 84.5 Å². The van der Waals surface area contributed by atoms with Crippen LogP contribution in [0.2, 0.25) is 0 Å². The molecule has 0 aliphatic rings. The SMILES string of the molecule is CCOC(=O)/C=C/C(=O)Nc1ccc(C(=O)NC(C)CC)cc1. The summed E-state index contributed by atoms with van der Waals surface area (Å²) in [6, 6.07) is 6.61. The van der Waals surface area contributed by atoms with Crippen molar-refractivity contribution in [2.75, 3.05) is 11.9 Å². The van der Waals surface area contributed by atoms with E-state index in [4.69, 9.17) is 0 Å². The fraction of sp³-hybridized carbons (Fsp3) is 0.353. The molecule has 2 N–H and O–H groups in total. The summed E-state index contributed by atoms with van der Waals surface area (Å²) < 4.78 is 4.68. The number of hydrogen-bond donors (Lipinski definition) is 2. The smallest absolute Gasteiger partial charge is 0.330 e. The maximum absolute atomic E-state index is 11.9. The van der Waals surface area contributed by atoms with Crippen LogP contribution < -0.4 is 10.6 Å². The van der Waals surface area contributed by atoms with Gasteiger partial charge in [-0.25, -0.2) is 4.79 Å². The van der Waals surface area contributed by atoms with Crippen LogP contribution in [0.1, 0.15) is 37.6 Å². The Morgan fingerprint density at radius 1 is 1.13 bits per heavy atom. The fourth-order valence-corrected chi connectivity index (χ4v) is 1.63. The van der Waals surface area contributed by atoms with Gasteiger partial charge in [0.2, 0.25) is 5.91 Å². The summed E-state index contributed by atoms with van der Waals surface area (Å²) in [5.74, 6) is -1.17. The van der Waals surface area contributed by atoms with Crippen molar-refractivity contribution in [2.24, 2.45) is 0 Å². The molecule has 1 atom stereocenters. The summed E-state index contributed by atoms with van der Waals surface area (Å²) >= 11 is 0. The number of carbonyl (C=O) groups is 3. The van der Waals surface area contributed by atoms with Crippen LogP contribution in [-0.2, 0) is 14.3 Å². The van der Waals surface area contributed by atoms with Gasteiger partial charge in [0.25, 0.3) is 5.91 Å². The van der Waals surface area contributed by atoms with E-state index in [0.717, 1.165) is 18.6 Å². The van der Waals surface area contributed by atoms with E-state index in [1.165, 1.54) is 0 Å². The van der Waals surface area contributed by atoms with Crippen molar-refractivity contribution in [3.05, 3.63) is 42.0 Å². The van der Waals surface area contributed by atoms with Gasteiger partial charge in [0, 0.05) is 29.4 Å². The standard InChI is InChI=1S/C17H22N2O4/c1-4-12(3)18-17(22)13-6-8-14(9-7-13)19-15(20)10-11-16(21)23-5-2/h6-12H,4-5H2,1-3H3,(H,18,22)(H,19,20)/b11-10+. The molecule has 0 radical (unpaired) electrons. The van der Waals surface area contributed by atoms with E-state index >= 15 is 0 Å². The molecular formula is C17H22N2O4. The normalized spacial score (nSPS) is 11.8. The van der Waals surface area contributed by atoms with Crippen LogP contribution in [0, 0.1) is 0 Å². The molecule has 0 aliphatic heterocycles. The third-order valence-corrected chi connectivity index (χ3v) is 3.06. The van der Waals surface area contributed by atoms with Gasteiger partial charge in [0.15, 0.2) is 0 Å². The predicted molar refractivity (Wildman–Crippen MR) is 88.1 cm³/mol. The van der Waals surface area contributed by atoms with Gasteiger partial charge in [-0.15, -0.1) is 0 Å². The second kappa shape index (κ2) is 9.40. The van der Waals surface area contributed by atoms with Crippen LogP contribution in [0.15, 0.2) is 36.4 Å². The van der Waals surface area contributed by atoms with E-state index in [0.29, 0.717) is 11.3 Å². The number of hydrogen-bond acceptors (Lipinski definition) is 4. The predicted octanol–water partition coefficient (Wildman–Crippen LogP) is 2.27. The van der Waals surface area contributed by atoms with Gasteiger partial charge in [-0.1, -0.05) is 6.92 Å². The van der Waals surface area contributed by atoms with Crippen LogP contribution in [0.4, 0.5) is 5.69 Å². The van der Waals surface area contributed by atoms with Gasteiger partial charge in [0.05, 0.1) is 6.61 Å². The fourth-order valence-electron chi connectivity index (χ4n) is 1.63. The summed E-state index contributed by atoms with van der Waals surface area (Å²) in [6.07, 6.45) is 3.01. The first kappa shape index (κ1) is 18.4. The molecule has 6 heteroatoms. The van der Waals surface area contributed by atoms with Crippen molar-refractivity contribution in [3.63, 3.8) is 0 Å². The molecule has 6 nitrogen and oxygen atoms in total. The Morgan fingerprint density at radius 3 is 2.35 bits per heavy atom. The van der Waals surface area contributed by atoms with Gasteiger partial charge in [-0.3, -0.25) is 9.59 Å². The molecule has 0 heterocycles. The summed E-state index contributed by atoms with van der Waals surface area (Å²) in [4.78, 5) is 34.7. The maximum Gasteiger partial charge on any atom is 0.330 e. The Morgan fingerprint density at radius 2 is 1.78 bits per heavy atom. The number of rotatable bonds is 7. The summed E-state index contributed by atoms with van der Waals surface area (Å²) in [5, 5.41) is 5.45. The molecule has 124 valence electrons. The molecule has 1 aromatic rings. The van der Waals surface area contributed by atoms with Gasteiger partial charge < -0.3 is 15.4 Å². The maximum atomic E-state index is 11.9. The first-order valence-corrected chi connectivity index (χ1v) is 7.53. The van der Waals surface area contributed by atoms with Crippen LogP contribution >= 0.6 is 0 Å². The molecule has 23 heavy (non-hydrogen) atoms. The van der Waals surface area contributed by atoms with E-state index < -0.39 is 11.9 Å². The van der Waals surface area contributed by atoms with Crippen molar-refractivity contribution in [3.8, 4) is 0 Å². The number of amides is 2. The summed E-state index contributed by atoms with van der Waals surface area (Å²) in [7, 11) is 0. The number of carbonyl (C=O) groups excluding carboxylic acids is 3. The largest absolute Gasteiger partial charge is 0.463 e. The van der Waals surface area contributed by atoms with Gasteiger partial charge in [0.1, 0.15) is 0 Å². The van der Waals surface area contributed by atoms with Gasteiger partial charge >= 0.3 is 5.97 Å². The van der Waals surface area contributed by atoms with Crippen molar-refractivity contribution in [1.82, 2.24) is 5.32 Å². The van der Waals surface area contributed by atoms with Crippen molar-refractivity contribution in [1.29, 1.82) is 0 Å². The van der Waals surface area contributed by atoms with E-state index in [-0.39, 0.29) is 18.6 Å². The Balaban J connectivity index is 2.58. The minimum absolute atomic E-state index is 0.106. The molecule has 0 saturated heterocycles. The van der Waals surface area contributed by atoms with E-state index in [9.17, 15) is 14.4 Å². The molecule has 0 fully saturated rings. The van der Waals surface area contributed by atoms with Crippen LogP contribution in [0.5, 0.6) is 0 Å². The molecule has 0 spiro atoms. The highest BCUT2D eigenvalue weighted by Gasteiger charge is 2.08. The van der Waals surface area contributed by atoms with E-state index in [2.05, 4.69) is 15.4 Å². The molecule has 1 aromatic carbocycles. The Kier molecular flexibility index (Phi) is 7.53. The lowest BCUT2D eigenvalue weighted by molar-refractivity contribution is -0.137. The number of ether oxygens (including phenoxy) is 1. The zero-order chi connectivity index (χ0) is 17.2. The van der Waals surface area contributed by atoms with Crippen LogP contribution in [0.3, 0.4) is 0 Å². The minimum atomic E-state index is -0.570. The molecule has 0 saturated carbocycles. The summed E-state index contributed by atoms with van der Waals surface area (Å²) in [5.41, 5.74) is 1.05. The molecular weight excluding hydrogens is 296 g/mol. The highest BCUT2D eigenvalue weighted by atomic mass is 16.5. The lowest BCUT2D eigenvalue weighted by Crippen LogP contribution is -2.31. The van der Waals surface area contributed by atoms with Gasteiger partial charge in [-0.2, -0.15) is 0 Å². The number of esters is 1. The Hall–Kier alpha value is -2.63. The lowest BCUT2D eigenvalue weighted by Gasteiger charge is -2.11. The first-order valence-electron chi connectivity index (χ1n) is 7.53. The molecule has 0 bridgehead atoms. The average molecular weight is 318 g/mol. The Bertz CT molecular complexity index is 579. The highest BCUT2D eigenvalue weighted by molar-refractivity contribution is 6.03. The number of benzene rings is 1. The minimum Gasteiger partial charge on any atom is -0.463 e. The molecule has 1 rings (SSSR count). The first-order chi connectivity index (χ1) is 11.0. The molecule has 0 aromatic heterocycles. The molecule has 1 unspecified atom stereocenters. The van der Waals surface area contributed by atoms with Crippen molar-refractivity contribution >= 4 is 23.5 Å². The van der Waals surface area contributed by atoms with E-state index in [1.807, 2.05) is 13.8 Å². The second-order valence-electron chi connectivity index (χ2n) is 4.93. The number of nitrogens with one attached hydrogen (secondary N) is 2. The average Bonchev–Trinajstić information content (AvgIpc) is 2.53. The zero-order valence-corrected chi connectivity index (χ0v) is 13.6. The Labute approximate surface area is 135 Å². The molecule has 0 aliphatic carbocycles. The third kappa shape index (κ3) is 6.78. The van der Waals surface area contributed by atoms with Gasteiger partial charge in [-0.05, 0) is 44.5 Å². The van der Waals surface area contributed by atoms with Crippen molar-refractivity contribution < 1.29 is 19.1 Å². The van der Waals surface area contributed by atoms with E-state index in [1.54, 1.807) is 31.2 Å². The third-order valence-electron chi connectivity index (χ3n) is 3.06. The van der Waals surface area contributed by atoms with Crippen molar-refractivity contribution in [2.45, 2.75) is 33.2 Å². The monoisotopic (exact) mass is 318 g/mol. The van der Waals surface area contributed by atoms with Crippen LogP contribution in [0.25, 0.3) is 0 Å². The quantitative estimate of drug-likeness (QED) is 0.596. The lowest BCUT2D eigenvalue weighted by atomic mass is 10.1. The molecule has 2 amide bonds. The number of anilines is 1. The second-order valence-corrected chi connectivity index (χ2v) is 4.93.